The fourth-order valence-electron chi connectivity index (χ4n) is 6.52. The van der Waals surface area contributed by atoms with Crippen LogP contribution in [0.25, 0.3) is 0 Å². The summed E-state index contributed by atoms with van der Waals surface area (Å²) in [6.07, 6.45) is 1.56. The normalized spacial score (nSPS) is 30.1. The molecular formula is C24H22N4O5. The third-order valence-corrected chi connectivity index (χ3v) is 8.00. The largest absolute Gasteiger partial charge is 0.324 e. The number of anilines is 2. The summed E-state index contributed by atoms with van der Waals surface area (Å²) >= 11 is 0. The maximum Gasteiger partial charge on any atom is 0.271 e. The first-order chi connectivity index (χ1) is 15.8. The van der Waals surface area contributed by atoms with Crippen LogP contribution in [-0.2, 0) is 19.9 Å². The Bertz CT molecular complexity index is 1290. The number of nitro benzene ring substituents is 1. The zero-order valence-electron chi connectivity index (χ0n) is 18.2. The second-order valence-corrected chi connectivity index (χ2v) is 9.35. The van der Waals surface area contributed by atoms with Gasteiger partial charge in [0, 0.05) is 29.4 Å². The lowest BCUT2D eigenvalue weighted by Gasteiger charge is -2.36. The summed E-state index contributed by atoms with van der Waals surface area (Å²) in [5.74, 6) is -2.67. The van der Waals surface area contributed by atoms with Gasteiger partial charge in [-0.2, -0.15) is 0 Å². The highest BCUT2D eigenvalue weighted by Crippen LogP contribution is 2.61. The average molecular weight is 446 g/mol. The van der Waals surface area contributed by atoms with Crippen molar-refractivity contribution in [2.24, 2.45) is 11.8 Å². The number of nitrogens with one attached hydrogen (secondary N) is 1. The molecule has 6 rings (SSSR count). The minimum absolute atomic E-state index is 0.173. The highest BCUT2D eigenvalue weighted by molar-refractivity contribution is 6.26. The summed E-state index contributed by atoms with van der Waals surface area (Å²) in [6, 6.07) is 9.18. The SMILES string of the molecule is Cc1ccc2c(c1C)NC(=O)[C@@]21[C@@H]2C(=O)N(c3cccc([N+](=O)[O-])c3)C(=O)[C@H]2[C@@H]2CCCN21. The number of hydrogen-bond acceptors (Lipinski definition) is 6. The first kappa shape index (κ1) is 20.0. The molecule has 0 unspecified atom stereocenters. The van der Waals surface area contributed by atoms with Gasteiger partial charge in [-0.15, -0.1) is 0 Å². The lowest BCUT2D eigenvalue weighted by molar-refractivity contribution is -0.384. The minimum Gasteiger partial charge on any atom is -0.324 e. The van der Waals surface area contributed by atoms with Gasteiger partial charge in [0.2, 0.25) is 17.7 Å². The molecular weight excluding hydrogens is 424 g/mol. The second-order valence-electron chi connectivity index (χ2n) is 9.35. The molecule has 0 saturated carbocycles. The minimum atomic E-state index is -1.25. The predicted octanol–water partition coefficient (Wildman–Crippen LogP) is 2.64. The molecule has 4 aliphatic heterocycles. The van der Waals surface area contributed by atoms with Gasteiger partial charge in [0.25, 0.3) is 5.69 Å². The van der Waals surface area contributed by atoms with Gasteiger partial charge >= 0.3 is 0 Å². The van der Waals surface area contributed by atoms with E-state index in [2.05, 4.69) is 10.2 Å². The number of hydrogen-bond donors (Lipinski definition) is 1. The average Bonchev–Trinajstić information content (AvgIpc) is 3.49. The Balaban J connectivity index is 1.55. The van der Waals surface area contributed by atoms with Gasteiger partial charge in [-0.05, 0) is 50.4 Å². The van der Waals surface area contributed by atoms with E-state index in [-0.39, 0.29) is 29.2 Å². The van der Waals surface area contributed by atoms with Crippen molar-refractivity contribution in [1.82, 2.24) is 4.90 Å². The van der Waals surface area contributed by atoms with Crippen LogP contribution in [0.1, 0.15) is 29.5 Å². The summed E-state index contributed by atoms with van der Waals surface area (Å²) in [7, 11) is 0. The third kappa shape index (κ3) is 2.27. The monoisotopic (exact) mass is 446 g/mol. The lowest BCUT2D eigenvalue weighted by atomic mass is 9.75. The van der Waals surface area contributed by atoms with E-state index in [4.69, 9.17) is 0 Å². The van der Waals surface area contributed by atoms with Crippen LogP contribution in [-0.4, -0.2) is 40.1 Å². The highest BCUT2D eigenvalue weighted by atomic mass is 16.6. The molecule has 1 spiro atoms. The molecule has 9 nitrogen and oxygen atoms in total. The Kier molecular flexibility index (Phi) is 3.93. The van der Waals surface area contributed by atoms with E-state index in [0.717, 1.165) is 40.1 Å². The van der Waals surface area contributed by atoms with E-state index < -0.39 is 28.2 Å². The van der Waals surface area contributed by atoms with Crippen LogP contribution in [0.5, 0.6) is 0 Å². The van der Waals surface area contributed by atoms with Gasteiger partial charge in [-0.3, -0.25) is 29.4 Å². The zero-order chi connectivity index (χ0) is 23.2. The molecule has 33 heavy (non-hydrogen) atoms. The molecule has 4 heterocycles. The smallest absolute Gasteiger partial charge is 0.271 e. The molecule has 2 aromatic carbocycles. The standard InChI is InChI=1S/C24H22N4O5/c1-12-8-9-16-20(13(12)2)25-23(31)24(16)19-18(17-7-4-10-26(17)24)21(29)27(22(19)30)14-5-3-6-15(11-14)28(32)33/h3,5-6,8-9,11,17-19H,4,7,10H2,1-2H3,(H,25,31)/t17-,18-,19-,24-/m0/s1. The van der Waals surface area contributed by atoms with Crippen LogP contribution in [0.3, 0.4) is 0 Å². The van der Waals surface area contributed by atoms with Crippen LogP contribution in [0.4, 0.5) is 17.1 Å². The van der Waals surface area contributed by atoms with Crippen molar-refractivity contribution in [3.8, 4) is 0 Å². The number of non-ortho nitro benzene ring substituents is 1. The van der Waals surface area contributed by atoms with Gasteiger partial charge in [0.15, 0.2) is 0 Å². The van der Waals surface area contributed by atoms with Crippen molar-refractivity contribution in [3.63, 3.8) is 0 Å². The first-order valence-electron chi connectivity index (χ1n) is 11.1. The number of nitro groups is 1. The van der Waals surface area contributed by atoms with E-state index in [1.54, 1.807) is 0 Å². The number of imide groups is 1. The fourth-order valence-corrected chi connectivity index (χ4v) is 6.52. The predicted molar refractivity (Wildman–Crippen MR) is 119 cm³/mol. The molecule has 4 aliphatic rings. The van der Waals surface area contributed by atoms with Gasteiger partial charge in [-0.1, -0.05) is 18.2 Å². The number of fused-ring (bicyclic) bond motifs is 7. The lowest BCUT2D eigenvalue weighted by Crippen LogP contribution is -2.54. The summed E-state index contributed by atoms with van der Waals surface area (Å²) in [5, 5.41) is 14.3. The molecule has 0 radical (unpaired) electrons. The van der Waals surface area contributed by atoms with Gasteiger partial charge in [0.05, 0.1) is 22.4 Å². The molecule has 1 N–H and O–H groups in total. The Morgan fingerprint density at radius 2 is 1.91 bits per heavy atom. The fraction of sp³-hybridized carbons (Fsp3) is 0.375. The van der Waals surface area contributed by atoms with E-state index in [0.29, 0.717) is 6.54 Å². The van der Waals surface area contributed by atoms with Gasteiger partial charge in [-0.25, -0.2) is 4.90 Å². The number of carbonyl (C=O) groups is 3. The summed E-state index contributed by atoms with van der Waals surface area (Å²) < 4.78 is 0. The molecule has 4 atom stereocenters. The van der Waals surface area contributed by atoms with Crippen LogP contribution in [0.2, 0.25) is 0 Å². The molecule has 0 aliphatic carbocycles. The number of benzene rings is 2. The number of carbonyl (C=O) groups excluding carboxylic acids is 3. The molecule has 3 saturated heterocycles. The van der Waals surface area contributed by atoms with Crippen molar-refractivity contribution < 1.29 is 19.3 Å². The van der Waals surface area contributed by atoms with E-state index in [1.807, 2.05) is 26.0 Å². The van der Waals surface area contributed by atoms with Gasteiger partial charge < -0.3 is 5.32 Å². The molecule has 0 aromatic heterocycles. The molecule has 9 heteroatoms. The molecule has 2 aromatic rings. The maximum atomic E-state index is 13.9. The zero-order valence-corrected chi connectivity index (χ0v) is 18.2. The topological polar surface area (TPSA) is 113 Å². The van der Waals surface area contributed by atoms with Crippen molar-refractivity contribution in [2.45, 2.75) is 38.3 Å². The molecule has 0 bridgehead atoms. The van der Waals surface area contributed by atoms with E-state index in [9.17, 15) is 24.5 Å². The summed E-state index contributed by atoms with van der Waals surface area (Å²) in [4.78, 5) is 55.2. The number of nitrogens with zero attached hydrogens (tertiary/aromatic N) is 3. The van der Waals surface area contributed by atoms with Crippen LogP contribution < -0.4 is 10.2 Å². The number of aryl methyl sites for hydroxylation is 1. The van der Waals surface area contributed by atoms with Crippen molar-refractivity contribution in [3.05, 3.63) is 63.2 Å². The van der Waals surface area contributed by atoms with Crippen molar-refractivity contribution in [2.75, 3.05) is 16.8 Å². The summed E-state index contributed by atoms with van der Waals surface area (Å²) in [5.41, 5.74) is 2.18. The van der Waals surface area contributed by atoms with Gasteiger partial charge in [0.1, 0.15) is 5.54 Å². The quantitative estimate of drug-likeness (QED) is 0.431. The Hall–Kier alpha value is -3.59. The second kappa shape index (κ2) is 6.48. The van der Waals surface area contributed by atoms with Crippen molar-refractivity contribution in [1.29, 1.82) is 0 Å². The number of rotatable bonds is 2. The van der Waals surface area contributed by atoms with Crippen LogP contribution in [0.15, 0.2) is 36.4 Å². The van der Waals surface area contributed by atoms with Crippen LogP contribution in [0, 0.1) is 35.8 Å². The molecule has 168 valence electrons. The Morgan fingerprint density at radius 3 is 2.67 bits per heavy atom. The van der Waals surface area contributed by atoms with E-state index in [1.165, 1.54) is 24.3 Å². The molecule has 3 fully saturated rings. The Labute approximate surface area is 189 Å². The highest BCUT2D eigenvalue weighted by Gasteiger charge is 2.74. The first-order valence-corrected chi connectivity index (χ1v) is 11.1. The summed E-state index contributed by atoms with van der Waals surface area (Å²) in [6.45, 7) is 4.55. The maximum absolute atomic E-state index is 13.9. The molecule has 3 amide bonds. The van der Waals surface area contributed by atoms with Crippen molar-refractivity contribution >= 4 is 34.8 Å². The van der Waals surface area contributed by atoms with E-state index >= 15 is 0 Å². The number of amides is 3. The Morgan fingerprint density at radius 1 is 1.12 bits per heavy atom. The third-order valence-electron chi connectivity index (χ3n) is 8.00. The van der Waals surface area contributed by atoms with Crippen LogP contribution >= 0.6 is 0 Å².